The fourth-order valence-corrected chi connectivity index (χ4v) is 1.85. The molecule has 2 unspecified atom stereocenters. The van der Waals surface area contributed by atoms with E-state index in [0.29, 0.717) is 0 Å². The summed E-state index contributed by atoms with van der Waals surface area (Å²) in [6.07, 6.45) is 3.66. The first-order chi connectivity index (χ1) is 7.74. The average molecular weight is 230 g/mol. The number of ether oxygens (including phenoxy) is 1. The molecule has 0 aromatic carbocycles. The molecule has 5 heteroatoms. The lowest BCUT2D eigenvalue weighted by molar-refractivity contribution is -0.123. The molecule has 0 radical (unpaired) electrons. The standard InChI is InChI=1S/C11H22N2O3/c1-16-8-9(14)7-13-11(15)10-5-3-2-4-6-12-10/h9-10,12,14H,2-8H2,1H3,(H,13,15). The molecule has 0 aromatic rings. The second kappa shape index (κ2) is 7.60. The van der Waals surface area contributed by atoms with Crippen molar-refractivity contribution in [1.29, 1.82) is 0 Å². The van der Waals surface area contributed by atoms with Crippen LogP contribution in [0, 0.1) is 0 Å². The largest absolute Gasteiger partial charge is 0.389 e. The van der Waals surface area contributed by atoms with Crippen LogP contribution in [0.2, 0.25) is 0 Å². The Morgan fingerprint density at radius 1 is 1.56 bits per heavy atom. The van der Waals surface area contributed by atoms with Crippen LogP contribution in [-0.4, -0.2) is 50.0 Å². The molecule has 94 valence electrons. The molecular weight excluding hydrogens is 208 g/mol. The molecular formula is C11H22N2O3. The molecule has 1 fully saturated rings. The van der Waals surface area contributed by atoms with Gasteiger partial charge in [-0.25, -0.2) is 0 Å². The van der Waals surface area contributed by atoms with Gasteiger partial charge in [-0.2, -0.15) is 0 Å². The van der Waals surface area contributed by atoms with E-state index in [9.17, 15) is 9.90 Å². The van der Waals surface area contributed by atoms with E-state index < -0.39 is 6.10 Å². The van der Waals surface area contributed by atoms with Crippen molar-refractivity contribution in [2.24, 2.45) is 0 Å². The van der Waals surface area contributed by atoms with Crippen LogP contribution in [-0.2, 0) is 9.53 Å². The maximum atomic E-state index is 11.7. The monoisotopic (exact) mass is 230 g/mol. The Morgan fingerprint density at radius 3 is 3.12 bits per heavy atom. The van der Waals surface area contributed by atoms with E-state index in [4.69, 9.17) is 4.74 Å². The van der Waals surface area contributed by atoms with Crippen LogP contribution in [0.3, 0.4) is 0 Å². The highest BCUT2D eigenvalue weighted by Crippen LogP contribution is 2.08. The number of hydrogen-bond donors (Lipinski definition) is 3. The van der Waals surface area contributed by atoms with Crippen LogP contribution in [0.1, 0.15) is 25.7 Å². The zero-order valence-corrected chi connectivity index (χ0v) is 9.87. The number of carbonyl (C=O) groups is 1. The summed E-state index contributed by atoms with van der Waals surface area (Å²) in [7, 11) is 1.53. The molecule has 0 saturated carbocycles. The van der Waals surface area contributed by atoms with Crippen LogP contribution in [0.25, 0.3) is 0 Å². The van der Waals surface area contributed by atoms with Crippen molar-refractivity contribution in [1.82, 2.24) is 10.6 Å². The summed E-state index contributed by atoms with van der Waals surface area (Å²) in [5, 5.41) is 15.3. The summed E-state index contributed by atoms with van der Waals surface area (Å²) >= 11 is 0. The average Bonchev–Trinajstić information content (AvgIpc) is 2.55. The Kier molecular flexibility index (Phi) is 6.37. The van der Waals surface area contributed by atoms with E-state index in [-0.39, 0.29) is 25.1 Å². The summed E-state index contributed by atoms with van der Waals surface area (Å²) in [6.45, 7) is 1.40. The van der Waals surface area contributed by atoms with E-state index in [1.165, 1.54) is 13.5 Å². The first-order valence-electron chi connectivity index (χ1n) is 5.92. The predicted molar refractivity (Wildman–Crippen MR) is 61.2 cm³/mol. The van der Waals surface area contributed by atoms with E-state index in [1.54, 1.807) is 0 Å². The van der Waals surface area contributed by atoms with Crippen LogP contribution in [0.4, 0.5) is 0 Å². The SMILES string of the molecule is COCC(O)CNC(=O)C1CCCCCN1. The van der Waals surface area contributed by atoms with Crippen molar-refractivity contribution in [3.05, 3.63) is 0 Å². The molecule has 1 rings (SSSR count). The second-order valence-corrected chi connectivity index (χ2v) is 4.21. The minimum absolute atomic E-state index is 0.0166. The Labute approximate surface area is 96.6 Å². The third-order valence-electron chi connectivity index (χ3n) is 2.75. The van der Waals surface area contributed by atoms with Crippen molar-refractivity contribution in [2.45, 2.75) is 37.8 Å². The molecule has 1 saturated heterocycles. The molecule has 0 spiro atoms. The first-order valence-corrected chi connectivity index (χ1v) is 5.92. The molecule has 16 heavy (non-hydrogen) atoms. The fourth-order valence-electron chi connectivity index (χ4n) is 1.85. The van der Waals surface area contributed by atoms with Gasteiger partial charge in [0, 0.05) is 13.7 Å². The number of carbonyl (C=O) groups excluding carboxylic acids is 1. The van der Waals surface area contributed by atoms with Gasteiger partial charge in [0.2, 0.25) is 5.91 Å². The van der Waals surface area contributed by atoms with Gasteiger partial charge in [0.15, 0.2) is 0 Å². The van der Waals surface area contributed by atoms with Crippen LogP contribution < -0.4 is 10.6 Å². The number of methoxy groups -OCH3 is 1. The lowest BCUT2D eigenvalue weighted by Crippen LogP contribution is -2.46. The Balaban J connectivity index is 2.22. The van der Waals surface area contributed by atoms with Gasteiger partial charge >= 0.3 is 0 Å². The van der Waals surface area contributed by atoms with Gasteiger partial charge in [0.05, 0.1) is 18.8 Å². The molecule has 1 aliphatic heterocycles. The van der Waals surface area contributed by atoms with Crippen LogP contribution >= 0.6 is 0 Å². The van der Waals surface area contributed by atoms with Crippen molar-refractivity contribution in [3.8, 4) is 0 Å². The van der Waals surface area contributed by atoms with Crippen molar-refractivity contribution >= 4 is 5.91 Å². The van der Waals surface area contributed by atoms with E-state index in [1.807, 2.05) is 0 Å². The molecule has 1 heterocycles. The summed E-state index contributed by atoms with van der Waals surface area (Å²) in [6, 6.07) is -0.0998. The molecule has 3 N–H and O–H groups in total. The molecule has 1 aliphatic rings. The van der Waals surface area contributed by atoms with Gasteiger partial charge in [-0.15, -0.1) is 0 Å². The quantitative estimate of drug-likeness (QED) is 0.603. The summed E-state index contributed by atoms with van der Waals surface area (Å²) in [4.78, 5) is 11.7. The summed E-state index contributed by atoms with van der Waals surface area (Å²) < 4.78 is 4.78. The maximum Gasteiger partial charge on any atom is 0.237 e. The number of hydrogen-bond acceptors (Lipinski definition) is 4. The van der Waals surface area contributed by atoms with Gasteiger partial charge in [0.25, 0.3) is 0 Å². The van der Waals surface area contributed by atoms with E-state index >= 15 is 0 Å². The first kappa shape index (κ1) is 13.4. The van der Waals surface area contributed by atoms with Crippen molar-refractivity contribution in [3.63, 3.8) is 0 Å². The van der Waals surface area contributed by atoms with Gasteiger partial charge in [-0.1, -0.05) is 12.8 Å². The number of aliphatic hydroxyl groups is 1. The number of aliphatic hydroxyl groups excluding tert-OH is 1. The summed E-state index contributed by atoms with van der Waals surface area (Å²) in [5.74, 6) is -0.0166. The third-order valence-corrected chi connectivity index (χ3v) is 2.75. The van der Waals surface area contributed by atoms with Crippen molar-refractivity contribution < 1.29 is 14.6 Å². The highest BCUT2D eigenvalue weighted by atomic mass is 16.5. The fraction of sp³-hybridized carbons (Fsp3) is 0.909. The lowest BCUT2D eigenvalue weighted by Gasteiger charge is -2.17. The molecule has 1 amide bonds. The lowest BCUT2D eigenvalue weighted by atomic mass is 10.1. The molecule has 0 aromatic heterocycles. The molecule has 2 atom stereocenters. The topological polar surface area (TPSA) is 70.6 Å². The van der Waals surface area contributed by atoms with Gasteiger partial charge in [-0.05, 0) is 19.4 Å². The number of amides is 1. The van der Waals surface area contributed by atoms with Crippen molar-refractivity contribution in [2.75, 3.05) is 26.8 Å². The highest BCUT2D eigenvalue weighted by molar-refractivity contribution is 5.81. The van der Waals surface area contributed by atoms with Crippen LogP contribution in [0.15, 0.2) is 0 Å². The molecule has 5 nitrogen and oxygen atoms in total. The minimum Gasteiger partial charge on any atom is -0.389 e. The summed E-state index contributed by atoms with van der Waals surface area (Å²) in [5.41, 5.74) is 0. The molecule has 0 aliphatic carbocycles. The second-order valence-electron chi connectivity index (χ2n) is 4.21. The van der Waals surface area contributed by atoms with Gasteiger partial charge < -0.3 is 20.5 Å². The third kappa shape index (κ3) is 4.92. The Morgan fingerprint density at radius 2 is 2.38 bits per heavy atom. The van der Waals surface area contributed by atoms with E-state index in [2.05, 4.69) is 10.6 Å². The Hall–Kier alpha value is -0.650. The number of nitrogens with one attached hydrogen (secondary N) is 2. The van der Waals surface area contributed by atoms with Crippen LogP contribution in [0.5, 0.6) is 0 Å². The van der Waals surface area contributed by atoms with E-state index in [0.717, 1.165) is 25.8 Å². The smallest absolute Gasteiger partial charge is 0.237 e. The molecule has 0 bridgehead atoms. The zero-order valence-electron chi connectivity index (χ0n) is 9.87. The normalized spacial score (nSPS) is 23.5. The maximum absolute atomic E-state index is 11.7. The van der Waals surface area contributed by atoms with Gasteiger partial charge in [0.1, 0.15) is 0 Å². The number of rotatable bonds is 5. The Bertz CT molecular complexity index is 203. The minimum atomic E-state index is -0.625. The van der Waals surface area contributed by atoms with Gasteiger partial charge in [-0.3, -0.25) is 4.79 Å². The predicted octanol–water partition coefficient (Wildman–Crippen LogP) is -0.358. The highest BCUT2D eigenvalue weighted by Gasteiger charge is 2.19. The zero-order chi connectivity index (χ0) is 11.8.